The van der Waals surface area contributed by atoms with Crippen LogP contribution in [0.2, 0.25) is 36.3 Å². The van der Waals surface area contributed by atoms with Crippen LogP contribution < -0.4 is 0 Å². The van der Waals surface area contributed by atoms with Crippen LogP contribution in [0.5, 0.6) is 0 Å². The molecule has 0 N–H and O–H groups in total. The minimum absolute atomic E-state index is 0.234. The summed E-state index contributed by atoms with van der Waals surface area (Å²) in [6, 6.07) is 1.48. The Morgan fingerprint density at radius 1 is 1.36 bits per heavy atom. The first-order valence-corrected chi connectivity index (χ1v) is 12.0. The highest BCUT2D eigenvalue weighted by Gasteiger charge is 2.85. The van der Waals surface area contributed by atoms with Crippen LogP contribution in [0.1, 0.15) is 19.8 Å². The quantitative estimate of drug-likeness (QED) is 0.508. The summed E-state index contributed by atoms with van der Waals surface area (Å²) in [7, 11) is 0.774. The largest absolute Gasteiger partial charge is 0.410 e. The van der Waals surface area contributed by atoms with Gasteiger partial charge in [0.2, 0.25) is 8.32 Å². The first kappa shape index (κ1) is 10.0. The molecule has 4 heteroatoms. The molecule has 0 amide bonds. The molecule has 3 aliphatic rings. The van der Waals surface area contributed by atoms with Crippen LogP contribution >= 0.6 is 9.24 Å². The number of hydrogen-bond donors (Lipinski definition) is 0. The number of rotatable bonds is 1. The van der Waals surface area contributed by atoms with E-state index in [1.54, 1.807) is 0 Å². The van der Waals surface area contributed by atoms with Crippen molar-refractivity contribution in [1.82, 2.24) is 0 Å². The molecule has 0 aromatic heterocycles. The molecule has 80 valence electrons. The molecule has 3 heterocycles. The van der Waals surface area contributed by atoms with Crippen LogP contribution in [0.15, 0.2) is 0 Å². The first-order valence-electron chi connectivity index (χ1n) is 5.72. The second-order valence-corrected chi connectivity index (χ2v) is 18.2. The van der Waals surface area contributed by atoms with E-state index in [2.05, 4.69) is 35.8 Å². The van der Waals surface area contributed by atoms with Crippen molar-refractivity contribution in [3.05, 3.63) is 0 Å². The third-order valence-electron chi connectivity index (χ3n) is 5.09. The van der Waals surface area contributed by atoms with Crippen molar-refractivity contribution in [2.45, 2.75) is 61.0 Å². The summed E-state index contributed by atoms with van der Waals surface area (Å²) in [4.78, 5) is 0.234. The van der Waals surface area contributed by atoms with Gasteiger partial charge in [-0.3, -0.25) is 0 Å². The number of hydrogen-bond acceptors (Lipinski definition) is 1. The third-order valence-corrected chi connectivity index (χ3v) is 17.1. The van der Waals surface area contributed by atoms with E-state index in [1.165, 1.54) is 18.9 Å². The molecule has 1 nitrogen and oxygen atoms in total. The van der Waals surface area contributed by atoms with E-state index in [0.29, 0.717) is 0 Å². The lowest BCUT2D eigenvalue weighted by atomic mass is 10.0. The molecular weight excluding hydrogens is 223 g/mol. The van der Waals surface area contributed by atoms with Crippen molar-refractivity contribution in [2.24, 2.45) is 0 Å². The maximum Gasteiger partial charge on any atom is 0.202 e. The highest BCUT2D eigenvalue weighted by Crippen LogP contribution is 2.86. The van der Waals surface area contributed by atoms with Gasteiger partial charge in [-0.2, -0.15) is 0 Å². The lowest BCUT2D eigenvalue weighted by Crippen LogP contribution is -2.48. The van der Waals surface area contributed by atoms with Crippen LogP contribution in [-0.4, -0.2) is 21.4 Å². The van der Waals surface area contributed by atoms with Crippen LogP contribution in [-0.2, 0) is 4.43 Å². The maximum atomic E-state index is 6.64. The fraction of sp³-hybridized carbons (Fsp3) is 1.00. The zero-order valence-electron chi connectivity index (χ0n) is 9.68. The van der Waals surface area contributed by atoms with E-state index < -0.39 is 16.4 Å². The van der Waals surface area contributed by atoms with Crippen LogP contribution in [0.4, 0.5) is 0 Å². The molecule has 1 spiro atoms. The fourth-order valence-electron chi connectivity index (χ4n) is 3.67. The Balaban J connectivity index is 1.90. The highest BCUT2D eigenvalue weighted by molar-refractivity contribution is 7.27. The van der Waals surface area contributed by atoms with Gasteiger partial charge in [0.1, 0.15) is 0 Å². The van der Waals surface area contributed by atoms with Crippen molar-refractivity contribution in [3.63, 3.8) is 0 Å². The zero-order valence-corrected chi connectivity index (χ0v) is 12.8. The molecule has 3 saturated heterocycles. The van der Waals surface area contributed by atoms with Gasteiger partial charge >= 0.3 is 0 Å². The van der Waals surface area contributed by atoms with Gasteiger partial charge in [-0.15, -0.1) is 9.24 Å². The van der Waals surface area contributed by atoms with Crippen molar-refractivity contribution in [2.75, 3.05) is 0 Å². The summed E-state index contributed by atoms with van der Waals surface area (Å²) in [5.41, 5.74) is 1.02. The zero-order chi connectivity index (χ0) is 10.4. The van der Waals surface area contributed by atoms with E-state index in [0.717, 1.165) is 10.6 Å². The van der Waals surface area contributed by atoms with Gasteiger partial charge in [-0.05, 0) is 29.5 Å². The molecule has 3 aliphatic heterocycles. The molecule has 0 radical (unpaired) electrons. The molecule has 14 heavy (non-hydrogen) atoms. The predicted octanol–water partition coefficient (Wildman–Crippen LogP) is 3.35. The monoisotopic (exact) mass is 244 g/mol. The molecule has 5 unspecified atom stereocenters. The molecule has 0 aromatic rings. The van der Waals surface area contributed by atoms with Crippen molar-refractivity contribution >= 4 is 25.6 Å². The van der Waals surface area contributed by atoms with E-state index >= 15 is 0 Å². The molecule has 3 rings (SSSR count). The Morgan fingerprint density at radius 2 is 2.00 bits per heavy atom. The van der Waals surface area contributed by atoms with Crippen molar-refractivity contribution in [3.8, 4) is 0 Å². The van der Waals surface area contributed by atoms with E-state index in [9.17, 15) is 0 Å². The fourth-order valence-corrected chi connectivity index (χ4v) is 13.5. The van der Waals surface area contributed by atoms with E-state index in [4.69, 9.17) is 4.43 Å². The highest BCUT2D eigenvalue weighted by atomic mass is 31.0. The Kier molecular flexibility index (Phi) is 1.60. The summed E-state index contributed by atoms with van der Waals surface area (Å²) in [5.74, 6) is 0. The van der Waals surface area contributed by atoms with Crippen LogP contribution in [0, 0.1) is 0 Å². The molecule has 0 saturated carbocycles. The van der Waals surface area contributed by atoms with Crippen molar-refractivity contribution in [1.29, 1.82) is 0 Å². The van der Waals surface area contributed by atoms with Crippen molar-refractivity contribution < 1.29 is 4.43 Å². The van der Waals surface area contributed by atoms with E-state index in [1.807, 2.05) is 0 Å². The molecular formula is C10H21OPSi2. The average Bonchev–Trinajstić information content (AvgIpc) is 2.26. The Morgan fingerprint density at radius 3 is 2.36 bits per heavy atom. The van der Waals surface area contributed by atoms with E-state index in [-0.39, 0.29) is 4.97 Å². The Bertz CT molecular complexity index is 312. The SMILES string of the molecule is CC12CC3CC(P)([Si](C)(C)C)O[Si]31C2. The molecule has 0 aliphatic carbocycles. The minimum atomic E-state index is -1.17. The molecule has 5 atom stereocenters. The summed E-state index contributed by atoms with van der Waals surface area (Å²) < 4.78 is 6.64. The Labute approximate surface area is 91.3 Å². The first-order chi connectivity index (χ1) is 6.23. The normalized spacial score (nSPS) is 60.2. The van der Waals surface area contributed by atoms with Gasteiger partial charge < -0.3 is 4.43 Å². The van der Waals surface area contributed by atoms with Gasteiger partial charge in [-0.25, -0.2) is 0 Å². The second-order valence-electron chi connectivity index (χ2n) is 6.97. The van der Waals surface area contributed by atoms with Gasteiger partial charge in [0.05, 0.1) is 13.0 Å². The second kappa shape index (κ2) is 2.24. The predicted molar refractivity (Wildman–Crippen MR) is 68.8 cm³/mol. The summed E-state index contributed by atoms with van der Waals surface area (Å²) in [5, 5.41) is 0.718. The standard InChI is InChI=1S/C10H21OPSi2/c1-9-5-8-6-10(12,13(2,3)4)11-14(8,9)7-9/h8H,5-7,12H2,1-4H3. The maximum absolute atomic E-state index is 6.64. The molecule has 3 fully saturated rings. The van der Waals surface area contributed by atoms with Crippen LogP contribution in [0.3, 0.4) is 0 Å². The topological polar surface area (TPSA) is 9.23 Å². The summed E-state index contributed by atoms with van der Waals surface area (Å²) in [6.07, 6.45) is 2.86. The smallest absolute Gasteiger partial charge is 0.202 e. The summed E-state index contributed by atoms with van der Waals surface area (Å²) in [6.45, 7) is 9.83. The van der Waals surface area contributed by atoms with Gasteiger partial charge in [-0.1, -0.05) is 26.6 Å². The van der Waals surface area contributed by atoms with Crippen LogP contribution in [0.25, 0.3) is 0 Å². The van der Waals surface area contributed by atoms with Gasteiger partial charge in [0.15, 0.2) is 0 Å². The third kappa shape index (κ3) is 0.892. The van der Waals surface area contributed by atoms with Gasteiger partial charge in [0.25, 0.3) is 0 Å². The Hall–Kier alpha value is 0.824. The lowest BCUT2D eigenvalue weighted by molar-refractivity contribution is 0.264. The minimum Gasteiger partial charge on any atom is -0.410 e. The molecule has 0 bridgehead atoms. The molecule has 0 aromatic carbocycles. The van der Waals surface area contributed by atoms with Gasteiger partial charge in [0, 0.05) is 0 Å². The average molecular weight is 244 g/mol. The lowest BCUT2D eigenvalue weighted by Gasteiger charge is -2.38. The summed E-state index contributed by atoms with van der Waals surface area (Å²) >= 11 is 0.